The molecule has 1 saturated heterocycles. The SMILES string of the molecule is CC(C)S(=O)(=O)N1CCn2nc(NC(=O)[C@H]3CCN(C(=O)O)C3)cc2C1. The van der Waals surface area contributed by atoms with Gasteiger partial charge >= 0.3 is 6.09 Å². The van der Waals surface area contributed by atoms with Gasteiger partial charge in [0.25, 0.3) is 0 Å². The molecule has 26 heavy (non-hydrogen) atoms. The molecule has 1 atom stereocenters. The lowest BCUT2D eigenvalue weighted by atomic mass is 10.1. The van der Waals surface area contributed by atoms with Crippen LogP contribution < -0.4 is 5.32 Å². The van der Waals surface area contributed by atoms with Gasteiger partial charge < -0.3 is 15.3 Å². The van der Waals surface area contributed by atoms with Gasteiger partial charge in [-0.25, -0.2) is 13.2 Å². The van der Waals surface area contributed by atoms with Crippen molar-refractivity contribution in [3.05, 3.63) is 11.8 Å². The summed E-state index contributed by atoms with van der Waals surface area (Å²) in [6.45, 7) is 4.81. The average molecular weight is 385 g/mol. The third kappa shape index (κ3) is 3.54. The molecule has 2 aliphatic heterocycles. The zero-order valence-corrected chi connectivity index (χ0v) is 15.6. The van der Waals surface area contributed by atoms with Gasteiger partial charge in [-0.2, -0.15) is 9.40 Å². The van der Waals surface area contributed by atoms with E-state index in [-0.39, 0.29) is 19.0 Å². The molecular weight excluding hydrogens is 362 g/mol. The number of carboxylic acid groups (broad SMARTS) is 1. The van der Waals surface area contributed by atoms with Crippen LogP contribution in [-0.4, -0.2) is 69.4 Å². The number of carbonyl (C=O) groups is 2. The topological polar surface area (TPSA) is 125 Å². The Hall–Kier alpha value is -2.14. The molecule has 11 heteroatoms. The normalized spacial score (nSPS) is 21.0. The molecule has 1 fully saturated rings. The van der Waals surface area contributed by atoms with E-state index in [1.807, 2.05) is 0 Å². The summed E-state index contributed by atoms with van der Waals surface area (Å²) in [4.78, 5) is 24.5. The predicted octanol–water partition coefficient (Wildman–Crippen LogP) is 0.375. The van der Waals surface area contributed by atoms with Crippen molar-refractivity contribution < 1.29 is 23.1 Å². The maximum Gasteiger partial charge on any atom is 0.407 e. The molecule has 2 N–H and O–H groups in total. The van der Waals surface area contributed by atoms with Gasteiger partial charge in [0, 0.05) is 25.7 Å². The van der Waals surface area contributed by atoms with Gasteiger partial charge in [-0.3, -0.25) is 9.48 Å². The zero-order valence-electron chi connectivity index (χ0n) is 14.8. The van der Waals surface area contributed by atoms with Crippen molar-refractivity contribution in [1.82, 2.24) is 19.0 Å². The number of sulfonamides is 1. The van der Waals surface area contributed by atoms with Crippen molar-refractivity contribution in [2.75, 3.05) is 25.0 Å². The molecular formula is C15H23N5O5S. The van der Waals surface area contributed by atoms with Crippen LogP contribution in [0.15, 0.2) is 6.07 Å². The Morgan fingerprint density at radius 1 is 1.31 bits per heavy atom. The van der Waals surface area contributed by atoms with Crippen LogP contribution in [0.4, 0.5) is 10.6 Å². The van der Waals surface area contributed by atoms with Crippen LogP contribution in [0.25, 0.3) is 0 Å². The van der Waals surface area contributed by atoms with E-state index in [0.29, 0.717) is 37.6 Å². The van der Waals surface area contributed by atoms with Crippen LogP contribution in [0.1, 0.15) is 26.0 Å². The van der Waals surface area contributed by atoms with Gasteiger partial charge in [0.2, 0.25) is 15.9 Å². The lowest BCUT2D eigenvalue weighted by Crippen LogP contribution is -2.41. The van der Waals surface area contributed by atoms with Gasteiger partial charge in [-0.15, -0.1) is 0 Å². The number of hydrogen-bond donors (Lipinski definition) is 2. The molecule has 1 aromatic heterocycles. The van der Waals surface area contributed by atoms with Crippen molar-refractivity contribution in [3.63, 3.8) is 0 Å². The minimum absolute atomic E-state index is 0.176. The molecule has 0 aromatic carbocycles. The summed E-state index contributed by atoms with van der Waals surface area (Å²) >= 11 is 0. The third-order valence-electron chi connectivity index (χ3n) is 4.80. The highest BCUT2D eigenvalue weighted by atomic mass is 32.2. The Kier molecular flexibility index (Phi) is 4.93. The standard InChI is InChI=1S/C15H23N5O5S/c1-10(2)26(24,25)19-5-6-20-12(9-19)7-13(17-20)16-14(21)11-3-4-18(8-11)15(22)23/h7,10-11H,3-6,8-9H2,1-2H3,(H,22,23)(H,16,17,21)/t11-/m0/s1. The number of hydrogen-bond acceptors (Lipinski definition) is 5. The summed E-state index contributed by atoms with van der Waals surface area (Å²) in [5, 5.41) is 15.5. The third-order valence-corrected chi connectivity index (χ3v) is 7.02. The quantitative estimate of drug-likeness (QED) is 0.772. The van der Waals surface area contributed by atoms with E-state index in [0.717, 1.165) is 0 Å². The van der Waals surface area contributed by atoms with Crippen LogP contribution in [0.3, 0.4) is 0 Å². The van der Waals surface area contributed by atoms with E-state index in [1.165, 1.54) is 9.21 Å². The maximum atomic E-state index is 12.3. The zero-order chi connectivity index (χ0) is 19.1. The van der Waals surface area contributed by atoms with E-state index in [4.69, 9.17) is 5.11 Å². The first-order valence-corrected chi connectivity index (χ1v) is 10.0. The van der Waals surface area contributed by atoms with Crippen LogP contribution >= 0.6 is 0 Å². The molecule has 2 aliphatic rings. The summed E-state index contributed by atoms with van der Waals surface area (Å²) in [6, 6.07) is 1.67. The average Bonchev–Trinajstić information content (AvgIpc) is 3.20. The van der Waals surface area contributed by atoms with Gasteiger partial charge in [0.15, 0.2) is 5.82 Å². The second-order valence-electron chi connectivity index (χ2n) is 6.87. The molecule has 0 aliphatic carbocycles. The van der Waals surface area contributed by atoms with Gasteiger partial charge in [-0.1, -0.05) is 0 Å². The fraction of sp³-hybridized carbons (Fsp3) is 0.667. The monoisotopic (exact) mass is 385 g/mol. The van der Waals surface area contributed by atoms with E-state index < -0.39 is 27.3 Å². The van der Waals surface area contributed by atoms with E-state index >= 15 is 0 Å². The molecule has 0 radical (unpaired) electrons. The molecule has 2 amide bonds. The van der Waals surface area contributed by atoms with E-state index in [2.05, 4.69) is 10.4 Å². The fourth-order valence-corrected chi connectivity index (χ4v) is 4.44. The van der Waals surface area contributed by atoms with Crippen LogP contribution in [0.5, 0.6) is 0 Å². The molecule has 3 rings (SSSR count). The van der Waals surface area contributed by atoms with Crippen molar-refractivity contribution in [1.29, 1.82) is 0 Å². The molecule has 0 spiro atoms. The number of rotatable bonds is 4. The lowest BCUT2D eigenvalue weighted by Gasteiger charge is -2.28. The smallest absolute Gasteiger partial charge is 0.407 e. The Morgan fingerprint density at radius 2 is 2.04 bits per heavy atom. The molecule has 0 unspecified atom stereocenters. The van der Waals surface area contributed by atoms with Crippen molar-refractivity contribution in [2.24, 2.45) is 5.92 Å². The molecule has 0 bridgehead atoms. The van der Waals surface area contributed by atoms with Gasteiger partial charge in [-0.05, 0) is 20.3 Å². The first kappa shape index (κ1) is 18.6. The Bertz CT molecular complexity index is 818. The van der Waals surface area contributed by atoms with Crippen LogP contribution in [-0.2, 0) is 27.9 Å². The fourth-order valence-electron chi connectivity index (χ4n) is 3.20. The van der Waals surface area contributed by atoms with Crippen molar-refractivity contribution >= 4 is 27.8 Å². The summed E-state index contributed by atoms with van der Waals surface area (Å²) in [7, 11) is -3.34. The summed E-state index contributed by atoms with van der Waals surface area (Å²) in [5.74, 6) is -0.305. The first-order chi connectivity index (χ1) is 12.2. The number of anilines is 1. The Balaban J connectivity index is 1.65. The Labute approximate surface area is 151 Å². The summed E-state index contributed by atoms with van der Waals surface area (Å²) in [6.07, 6.45) is -0.546. The number of amides is 2. The van der Waals surface area contributed by atoms with E-state index in [9.17, 15) is 18.0 Å². The predicted molar refractivity (Wildman–Crippen MR) is 93.0 cm³/mol. The molecule has 144 valence electrons. The number of nitrogens with one attached hydrogen (secondary N) is 1. The summed E-state index contributed by atoms with van der Waals surface area (Å²) in [5.41, 5.74) is 0.717. The highest BCUT2D eigenvalue weighted by Crippen LogP contribution is 2.22. The van der Waals surface area contributed by atoms with Crippen LogP contribution in [0.2, 0.25) is 0 Å². The number of aromatic nitrogens is 2. The Morgan fingerprint density at radius 3 is 2.65 bits per heavy atom. The van der Waals surface area contributed by atoms with Crippen LogP contribution in [0, 0.1) is 5.92 Å². The summed E-state index contributed by atoms with van der Waals surface area (Å²) < 4.78 is 27.8. The highest BCUT2D eigenvalue weighted by Gasteiger charge is 2.33. The minimum Gasteiger partial charge on any atom is -0.465 e. The first-order valence-electron chi connectivity index (χ1n) is 8.53. The van der Waals surface area contributed by atoms with Gasteiger partial charge in [0.1, 0.15) is 0 Å². The maximum absolute atomic E-state index is 12.3. The van der Waals surface area contributed by atoms with Crippen molar-refractivity contribution in [3.8, 4) is 0 Å². The minimum atomic E-state index is -3.34. The second-order valence-corrected chi connectivity index (χ2v) is 9.36. The van der Waals surface area contributed by atoms with E-state index in [1.54, 1.807) is 24.6 Å². The molecule has 0 saturated carbocycles. The molecule has 1 aromatic rings. The van der Waals surface area contributed by atoms with Gasteiger partial charge in [0.05, 0.1) is 30.0 Å². The number of carbonyl (C=O) groups excluding carboxylic acids is 1. The number of likely N-dealkylation sites (tertiary alicyclic amines) is 1. The second kappa shape index (κ2) is 6.88. The van der Waals surface area contributed by atoms with Crippen molar-refractivity contribution in [2.45, 2.75) is 38.6 Å². The lowest BCUT2D eigenvalue weighted by molar-refractivity contribution is -0.119. The molecule has 3 heterocycles. The molecule has 10 nitrogen and oxygen atoms in total. The highest BCUT2D eigenvalue weighted by molar-refractivity contribution is 7.89. The number of fused-ring (bicyclic) bond motifs is 1. The number of nitrogens with zero attached hydrogens (tertiary/aromatic N) is 4. The largest absolute Gasteiger partial charge is 0.465 e.